The third kappa shape index (κ3) is 5.98. The number of hydrogen-bond donors (Lipinski definition) is 2. The van der Waals surface area contributed by atoms with Crippen LogP contribution in [0.15, 0.2) is 42.5 Å². The Kier molecular flexibility index (Phi) is 7.21. The number of para-hydroxylation sites is 1. The molecule has 0 fully saturated rings. The highest BCUT2D eigenvalue weighted by Crippen LogP contribution is 2.25. The molecule has 0 aliphatic heterocycles. The molecular weight excluding hydrogens is 409 g/mol. The highest BCUT2D eigenvalue weighted by Gasteiger charge is 2.20. The number of benzene rings is 2. The highest BCUT2D eigenvalue weighted by molar-refractivity contribution is 6.32. The Bertz CT molecular complexity index is 968. The van der Waals surface area contributed by atoms with Crippen LogP contribution in [0.4, 0.5) is 15.8 Å². The summed E-state index contributed by atoms with van der Waals surface area (Å²) in [5.41, 5.74) is -0.613. The summed E-state index contributed by atoms with van der Waals surface area (Å²) in [6.45, 7) is 0.686. The summed E-state index contributed by atoms with van der Waals surface area (Å²) in [5.74, 6) is -3.12. The Labute approximate surface area is 168 Å². The van der Waals surface area contributed by atoms with E-state index < -0.39 is 46.9 Å². The molecule has 2 amide bonds. The van der Waals surface area contributed by atoms with E-state index in [1.54, 1.807) is 0 Å². The van der Waals surface area contributed by atoms with E-state index in [2.05, 4.69) is 10.6 Å². The van der Waals surface area contributed by atoms with E-state index in [0.29, 0.717) is 0 Å². The summed E-state index contributed by atoms with van der Waals surface area (Å²) in [4.78, 5) is 45.9. The minimum absolute atomic E-state index is 0.0713. The zero-order valence-electron chi connectivity index (χ0n) is 15.0. The van der Waals surface area contributed by atoms with Gasteiger partial charge < -0.3 is 15.4 Å². The normalized spacial score (nSPS) is 11.3. The molecule has 0 spiro atoms. The lowest BCUT2D eigenvalue weighted by atomic mass is 10.2. The van der Waals surface area contributed by atoms with Crippen LogP contribution in [0.3, 0.4) is 0 Å². The summed E-state index contributed by atoms with van der Waals surface area (Å²) in [6, 6.07) is 8.87. The number of ether oxygens (including phenoxy) is 1. The fraction of sp³-hybridized carbons (Fsp3) is 0.167. The number of esters is 1. The van der Waals surface area contributed by atoms with Gasteiger partial charge in [-0.05, 0) is 31.2 Å². The van der Waals surface area contributed by atoms with Crippen LogP contribution in [0.2, 0.25) is 5.02 Å². The first kappa shape index (κ1) is 21.8. The van der Waals surface area contributed by atoms with Gasteiger partial charge in [-0.3, -0.25) is 24.5 Å². The second kappa shape index (κ2) is 9.60. The zero-order valence-corrected chi connectivity index (χ0v) is 15.7. The number of carbonyl (C=O) groups is 3. The highest BCUT2D eigenvalue weighted by atomic mass is 35.5. The van der Waals surface area contributed by atoms with Crippen molar-refractivity contribution >= 4 is 40.8 Å². The molecule has 0 saturated heterocycles. The first-order valence-electron chi connectivity index (χ1n) is 8.16. The van der Waals surface area contributed by atoms with Crippen LogP contribution in [0.1, 0.15) is 17.3 Å². The molecule has 0 aliphatic rings. The van der Waals surface area contributed by atoms with Crippen LogP contribution in [0.5, 0.6) is 0 Å². The minimum atomic E-state index is -1.25. The maximum Gasteiger partial charge on any atom is 0.326 e. The molecule has 0 saturated carbocycles. The largest absolute Gasteiger partial charge is 0.451 e. The van der Waals surface area contributed by atoms with Gasteiger partial charge in [0.05, 0.1) is 10.6 Å². The maximum atomic E-state index is 13.5. The molecule has 29 heavy (non-hydrogen) atoms. The predicted molar refractivity (Wildman–Crippen MR) is 101 cm³/mol. The fourth-order valence-corrected chi connectivity index (χ4v) is 2.32. The Morgan fingerprint density at radius 3 is 2.59 bits per heavy atom. The molecule has 0 aliphatic carbocycles. The van der Waals surface area contributed by atoms with Gasteiger partial charge in [0.2, 0.25) is 0 Å². The number of carbonyl (C=O) groups excluding carboxylic acids is 3. The van der Waals surface area contributed by atoms with Gasteiger partial charge in [0, 0.05) is 11.6 Å². The third-order valence-corrected chi connectivity index (χ3v) is 3.93. The van der Waals surface area contributed by atoms with Crippen LogP contribution in [-0.2, 0) is 14.3 Å². The van der Waals surface area contributed by atoms with Crippen LogP contribution in [0, 0.1) is 15.9 Å². The lowest BCUT2D eigenvalue weighted by Gasteiger charge is -2.14. The van der Waals surface area contributed by atoms with Crippen molar-refractivity contribution < 1.29 is 28.4 Å². The minimum Gasteiger partial charge on any atom is -0.451 e. The van der Waals surface area contributed by atoms with Crippen molar-refractivity contribution in [2.24, 2.45) is 0 Å². The Hall–Kier alpha value is -3.53. The predicted octanol–water partition coefficient (Wildman–Crippen LogP) is 2.69. The molecule has 0 aromatic heterocycles. The van der Waals surface area contributed by atoms with Crippen LogP contribution >= 0.6 is 11.6 Å². The van der Waals surface area contributed by atoms with E-state index in [1.165, 1.54) is 37.3 Å². The van der Waals surface area contributed by atoms with Crippen LogP contribution in [0.25, 0.3) is 0 Å². The van der Waals surface area contributed by atoms with Gasteiger partial charge in [-0.1, -0.05) is 23.7 Å². The molecule has 2 N–H and O–H groups in total. The van der Waals surface area contributed by atoms with Crippen molar-refractivity contribution in [2.45, 2.75) is 13.0 Å². The summed E-state index contributed by atoms with van der Waals surface area (Å²) in [6.07, 6.45) is -1.25. The number of hydrogen-bond acceptors (Lipinski definition) is 6. The van der Waals surface area contributed by atoms with E-state index in [1.807, 2.05) is 0 Å². The van der Waals surface area contributed by atoms with E-state index in [4.69, 9.17) is 16.3 Å². The summed E-state index contributed by atoms with van der Waals surface area (Å²) in [7, 11) is 0. The maximum absolute atomic E-state index is 13.5. The number of rotatable bonds is 7. The van der Waals surface area contributed by atoms with E-state index in [0.717, 1.165) is 12.1 Å². The number of nitrogens with zero attached hydrogens (tertiary/aromatic N) is 1. The monoisotopic (exact) mass is 423 g/mol. The van der Waals surface area contributed by atoms with Crippen LogP contribution < -0.4 is 10.6 Å². The SMILES string of the molecule is C[C@@H](OC(=O)CNC(=O)c1ccc(Cl)c([N+](=O)[O-])c1)C(=O)Nc1ccccc1F. The van der Waals surface area contributed by atoms with Gasteiger partial charge in [-0.15, -0.1) is 0 Å². The van der Waals surface area contributed by atoms with Crippen molar-refractivity contribution in [3.8, 4) is 0 Å². The topological polar surface area (TPSA) is 128 Å². The number of anilines is 1. The third-order valence-electron chi connectivity index (χ3n) is 3.61. The van der Waals surface area contributed by atoms with Crippen LogP contribution in [-0.4, -0.2) is 35.4 Å². The molecule has 11 heteroatoms. The summed E-state index contributed by atoms with van der Waals surface area (Å²) < 4.78 is 18.4. The molecule has 2 aromatic carbocycles. The van der Waals surface area contributed by atoms with Crippen molar-refractivity contribution in [3.63, 3.8) is 0 Å². The summed E-state index contributed by atoms with van der Waals surface area (Å²) in [5, 5.41) is 15.2. The zero-order chi connectivity index (χ0) is 21.6. The molecular formula is C18H15ClFN3O6. The number of amides is 2. The molecule has 152 valence electrons. The molecule has 0 bridgehead atoms. The van der Waals surface area contributed by atoms with Gasteiger partial charge in [0.15, 0.2) is 6.10 Å². The first-order valence-corrected chi connectivity index (χ1v) is 8.54. The molecule has 1 atom stereocenters. The number of halogens is 2. The number of nitrogens with one attached hydrogen (secondary N) is 2. The van der Waals surface area contributed by atoms with Crippen molar-refractivity contribution in [3.05, 3.63) is 69.0 Å². The van der Waals surface area contributed by atoms with Crippen molar-refractivity contribution in [1.82, 2.24) is 5.32 Å². The van der Waals surface area contributed by atoms with Crippen molar-refractivity contribution in [2.75, 3.05) is 11.9 Å². The molecule has 2 rings (SSSR count). The second-order valence-corrected chi connectivity index (χ2v) is 6.11. The van der Waals surface area contributed by atoms with Gasteiger partial charge in [-0.25, -0.2) is 4.39 Å². The van der Waals surface area contributed by atoms with E-state index >= 15 is 0 Å². The van der Waals surface area contributed by atoms with Gasteiger partial charge in [0.1, 0.15) is 17.4 Å². The van der Waals surface area contributed by atoms with Crippen molar-refractivity contribution in [1.29, 1.82) is 0 Å². The Morgan fingerprint density at radius 2 is 1.93 bits per heavy atom. The lowest BCUT2D eigenvalue weighted by molar-refractivity contribution is -0.384. The van der Waals surface area contributed by atoms with E-state index in [-0.39, 0.29) is 16.3 Å². The van der Waals surface area contributed by atoms with Gasteiger partial charge in [0.25, 0.3) is 17.5 Å². The average molecular weight is 424 g/mol. The smallest absolute Gasteiger partial charge is 0.326 e. The summed E-state index contributed by atoms with van der Waals surface area (Å²) >= 11 is 5.67. The molecule has 0 heterocycles. The Morgan fingerprint density at radius 1 is 1.24 bits per heavy atom. The van der Waals surface area contributed by atoms with Gasteiger partial charge >= 0.3 is 5.97 Å². The van der Waals surface area contributed by atoms with Gasteiger partial charge in [-0.2, -0.15) is 0 Å². The average Bonchev–Trinajstić information content (AvgIpc) is 2.67. The quantitative estimate of drug-likeness (QED) is 0.400. The Balaban J connectivity index is 1.88. The molecule has 9 nitrogen and oxygen atoms in total. The number of nitro benzene ring substituents is 1. The number of nitro groups is 1. The lowest BCUT2D eigenvalue weighted by Crippen LogP contribution is -2.36. The molecule has 0 unspecified atom stereocenters. The first-order chi connectivity index (χ1) is 13.7. The van der Waals surface area contributed by atoms with E-state index in [9.17, 15) is 28.9 Å². The fourth-order valence-electron chi connectivity index (χ4n) is 2.14. The standard InChI is InChI=1S/C18H15ClFN3O6/c1-10(17(25)22-14-5-3-2-4-13(14)20)29-16(24)9-21-18(26)11-6-7-12(19)15(8-11)23(27)28/h2-8,10H,9H2,1H3,(H,21,26)(H,22,25)/t10-/m1/s1. The second-order valence-electron chi connectivity index (χ2n) is 5.71. The molecule has 2 aromatic rings. The molecule has 0 radical (unpaired) electrons.